The highest BCUT2D eigenvalue weighted by Gasteiger charge is 2.27. The third-order valence-corrected chi connectivity index (χ3v) is 4.27. The van der Waals surface area contributed by atoms with Crippen molar-refractivity contribution in [3.05, 3.63) is 29.3 Å². The van der Waals surface area contributed by atoms with Crippen LogP contribution in [0.2, 0.25) is 0 Å². The average molecular weight is 311 g/mol. The van der Waals surface area contributed by atoms with E-state index in [-0.39, 0.29) is 30.5 Å². The Morgan fingerprint density at radius 3 is 2.86 bits per heavy atom. The van der Waals surface area contributed by atoms with Gasteiger partial charge in [0.15, 0.2) is 0 Å². The summed E-state index contributed by atoms with van der Waals surface area (Å²) in [7, 11) is 0. The van der Waals surface area contributed by atoms with Gasteiger partial charge in [-0.2, -0.15) is 0 Å². The van der Waals surface area contributed by atoms with Gasteiger partial charge in [0.25, 0.3) is 0 Å². The maximum Gasteiger partial charge on any atom is 0.249 e. The van der Waals surface area contributed by atoms with Crippen LogP contribution in [0.3, 0.4) is 0 Å². The number of benzene rings is 1. The van der Waals surface area contributed by atoms with E-state index in [0.717, 1.165) is 44.2 Å². The predicted molar refractivity (Wildman–Crippen MR) is 85.5 cm³/mol. The number of aryl methyl sites for hydroxylation is 1. The van der Waals surface area contributed by atoms with Crippen LogP contribution in [0, 0.1) is 0 Å². The first-order valence-corrected chi connectivity index (χ1v) is 7.54. The van der Waals surface area contributed by atoms with Gasteiger partial charge in [0.05, 0.1) is 6.04 Å². The van der Waals surface area contributed by atoms with E-state index in [0.29, 0.717) is 6.61 Å². The van der Waals surface area contributed by atoms with E-state index in [1.165, 1.54) is 11.1 Å². The van der Waals surface area contributed by atoms with Gasteiger partial charge in [0.2, 0.25) is 5.91 Å². The molecule has 21 heavy (non-hydrogen) atoms. The summed E-state index contributed by atoms with van der Waals surface area (Å²) in [6, 6.07) is 6.11. The first-order valence-electron chi connectivity index (χ1n) is 7.54. The summed E-state index contributed by atoms with van der Waals surface area (Å²) in [5.41, 5.74) is 9.12. The number of nitrogen functional groups attached to an aromatic ring is 1. The van der Waals surface area contributed by atoms with Crippen molar-refractivity contribution in [2.75, 3.05) is 12.3 Å². The normalized spacial score (nSPS) is 24.6. The zero-order valence-electron chi connectivity index (χ0n) is 12.1. The van der Waals surface area contributed by atoms with Crippen LogP contribution in [0.5, 0.6) is 0 Å². The van der Waals surface area contributed by atoms with E-state index in [1.54, 1.807) is 0 Å². The Hall–Kier alpha value is -1.26. The van der Waals surface area contributed by atoms with E-state index in [2.05, 4.69) is 11.4 Å². The number of anilines is 1. The number of amides is 1. The molecule has 1 saturated heterocycles. The highest BCUT2D eigenvalue weighted by molar-refractivity contribution is 5.85. The van der Waals surface area contributed by atoms with Crippen molar-refractivity contribution in [3.63, 3.8) is 0 Å². The van der Waals surface area contributed by atoms with Crippen LogP contribution in [0.15, 0.2) is 18.2 Å². The molecular weight excluding hydrogens is 288 g/mol. The van der Waals surface area contributed by atoms with Crippen LogP contribution >= 0.6 is 12.4 Å². The number of nitrogens with two attached hydrogens (primary N) is 1. The fourth-order valence-electron chi connectivity index (χ4n) is 3.20. The van der Waals surface area contributed by atoms with Crippen molar-refractivity contribution >= 4 is 24.0 Å². The van der Waals surface area contributed by atoms with Crippen molar-refractivity contribution in [1.82, 2.24) is 5.32 Å². The number of nitrogens with one attached hydrogen (secondary N) is 1. The molecule has 2 atom stereocenters. The molecule has 0 spiro atoms. The van der Waals surface area contributed by atoms with Gasteiger partial charge in [0.1, 0.15) is 6.10 Å². The summed E-state index contributed by atoms with van der Waals surface area (Å²) in [6.07, 6.45) is 5.86. The highest BCUT2D eigenvalue weighted by atomic mass is 35.5. The van der Waals surface area contributed by atoms with Crippen molar-refractivity contribution in [3.8, 4) is 0 Å². The molecule has 1 heterocycles. The number of rotatable bonds is 2. The van der Waals surface area contributed by atoms with Crippen molar-refractivity contribution in [2.45, 2.75) is 50.7 Å². The second-order valence-electron chi connectivity index (χ2n) is 5.77. The van der Waals surface area contributed by atoms with Crippen molar-refractivity contribution in [1.29, 1.82) is 0 Å². The van der Waals surface area contributed by atoms with E-state index in [4.69, 9.17) is 10.5 Å². The smallest absolute Gasteiger partial charge is 0.249 e. The quantitative estimate of drug-likeness (QED) is 0.826. The number of hydrogen-bond donors (Lipinski definition) is 2. The van der Waals surface area contributed by atoms with E-state index in [1.807, 2.05) is 12.1 Å². The van der Waals surface area contributed by atoms with Crippen molar-refractivity contribution in [2.24, 2.45) is 0 Å². The van der Waals surface area contributed by atoms with Crippen LogP contribution in [-0.2, 0) is 16.0 Å². The van der Waals surface area contributed by atoms with Gasteiger partial charge in [-0.1, -0.05) is 6.07 Å². The Morgan fingerprint density at radius 1 is 1.24 bits per heavy atom. The fraction of sp³-hybridized carbons (Fsp3) is 0.562. The number of carbonyl (C=O) groups excluding carboxylic acids is 1. The van der Waals surface area contributed by atoms with Crippen LogP contribution in [0.25, 0.3) is 0 Å². The Bertz CT molecular complexity index is 501. The molecule has 1 aromatic carbocycles. The van der Waals surface area contributed by atoms with Crippen LogP contribution in [0.4, 0.5) is 5.69 Å². The van der Waals surface area contributed by atoms with Crippen molar-refractivity contribution < 1.29 is 9.53 Å². The molecule has 4 nitrogen and oxygen atoms in total. The SMILES string of the molecule is Cl.Nc1ccc2c(c1)CCCC2NC(=O)C1CCCCO1. The lowest BCUT2D eigenvalue weighted by Gasteiger charge is -2.29. The zero-order chi connectivity index (χ0) is 13.9. The summed E-state index contributed by atoms with van der Waals surface area (Å²) >= 11 is 0. The van der Waals surface area contributed by atoms with Gasteiger partial charge in [-0.15, -0.1) is 12.4 Å². The Kier molecular flexibility index (Phi) is 5.48. The van der Waals surface area contributed by atoms with E-state index >= 15 is 0 Å². The second-order valence-corrected chi connectivity index (χ2v) is 5.77. The first kappa shape index (κ1) is 16.1. The second kappa shape index (κ2) is 7.14. The molecule has 1 aliphatic heterocycles. The minimum Gasteiger partial charge on any atom is -0.399 e. The molecule has 1 aromatic rings. The van der Waals surface area contributed by atoms with Gasteiger partial charge in [0, 0.05) is 12.3 Å². The molecule has 3 N–H and O–H groups in total. The number of fused-ring (bicyclic) bond motifs is 1. The molecular formula is C16H23ClN2O2. The molecule has 1 aliphatic carbocycles. The Labute approximate surface area is 131 Å². The third kappa shape index (κ3) is 3.69. The van der Waals surface area contributed by atoms with Crippen LogP contribution < -0.4 is 11.1 Å². The standard InChI is InChI=1S/C16H22N2O2.ClH/c17-12-7-8-13-11(10-12)4-3-5-14(13)18-16(19)15-6-1-2-9-20-15;/h7-8,10,14-15H,1-6,9,17H2,(H,18,19);1H. The lowest BCUT2D eigenvalue weighted by molar-refractivity contribution is -0.136. The molecule has 1 amide bonds. The largest absolute Gasteiger partial charge is 0.399 e. The molecule has 5 heteroatoms. The maximum absolute atomic E-state index is 12.3. The molecule has 0 saturated carbocycles. The maximum atomic E-state index is 12.3. The number of ether oxygens (including phenoxy) is 1. The molecule has 116 valence electrons. The lowest BCUT2D eigenvalue weighted by atomic mass is 9.87. The Balaban J connectivity index is 0.00000161. The number of hydrogen-bond acceptors (Lipinski definition) is 3. The van der Waals surface area contributed by atoms with Gasteiger partial charge < -0.3 is 15.8 Å². The molecule has 2 unspecified atom stereocenters. The summed E-state index contributed by atoms with van der Waals surface area (Å²) in [6.45, 7) is 0.704. The summed E-state index contributed by atoms with van der Waals surface area (Å²) in [5, 5.41) is 3.16. The summed E-state index contributed by atoms with van der Waals surface area (Å²) in [5.74, 6) is 0.0411. The van der Waals surface area contributed by atoms with E-state index in [9.17, 15) is 4.79 Å². The van der Waals surface area contributed by atoms with Gasteiger partial charge in [-0.25, -0.2) is 0 Å². The molecule has 0 aromatic heterocycles. The topological polar surface area (TPSA) is 64.3 Å². The third-order valence-electron chi connectivity index (χ3n) is 4.27. The summed E-state index contributed by atoms with van der Waals surface area (Å²) in [4.78, 5) is 12.3. The highest BCUT2D eigenvalue weighted by Crippen LogP contribution is 2.31. The first-order chi connectivity index (χ1) is 9.74. The van der Waals surface area contributed by atoms with Gasteiger partial charge in [-0.05, 0) is 61.8 Å². The zero-order valence-corrected chi connectivity index (χ0v) is 13.0. The molecule has 0 bridgehead atoms. The molecule has 1 fully saturated rings. The summed E-state index contributed by atoms with van der Waals surface area (Å²) < 4.78 is 5.56. The Morgan fingerprint density at radius 2 is 2.10 bits per heavy atom. The molecule has 3 rings (SSSR count). The van der Waals surface area contributed by atoms with Gasteiger partial charge in [-0.3, -0.25) is 4.79 Å². The number of halogens is 1. The number of carbonyl (C=O) groups is 1. The minimum absolute atomic E-state index is 0. The molecule has 0 radical (unpaired) electrons. The lowest BCUT2D eigenvalue weighted by Crippen LogP contribution is -2.41. The predicted octanol–water partition coefficient (Wildman–Crippen LogP) is 2.75. The van der Waals surface area contributed by atoms with Crippen LogP contribution in [0.1, 0.15) is 49.3 Å². The fourth-order valence-corrected chi connectivity index (χ4v) is 3.20. The average Bonchev–Trinajstić information content (AvgIpc) is 2.48. The monoisotopic (exact) mass is 310 g/mol. The van der Waals surface area contributed by atoms with E-state index < -0.39 is 0 Å². The molecule has 2 aliphatic rings. The minimum atomic E-state index is -0.261. The van der Waals surface area contributed by atoms with Gasteiger partial charge >= 0.3 is 0 Å². The van der Waals surface area contributed by atoms with Crippen LogP contribution in [-0.4, -0.2) is 18.6 Å².